The summed E-state index contributed by atoms with van der Waals surface area (Å²) in [7, 11) is 0. The lowest BCUT2D eigenvalue weighted by atomic mass is 9.94. The summed E-state index contributed by atoms with van der Waals surface area (Å²) >= 11 is 0. The standard InChI is InChI=1S/C15H32O3/c1-3-4-5-6-7-8-9-10-11-18-14-15(2,12-16)13-17/h16-17H,3-14H2,1-2H3. The fourth-order valence-electron chi connectivity index (χ4n) is 1.80. The molecular weight excluding hydrogens is 228 g/mol. The summed E-state index contributed by atoms with van der Waals surface area (Å²) in [6.07, 6.45) is 10.4. The Hall–Kier alpha value is -0.120. The number of ether oxygens (including phenoxy) is 1. The maximum atomic E-state index is 9.09. The molecule has 110 valence electrons. The van der Waals surface area contributed by atoms with Crippen LogP contribution in [-0.2, 0) is 4.74 Å². The highest BCUT2D eigenvalue weighted by Crippen LogP contribution is 2.15. The molecule has 0 amide bonds. The Kier molecular flexibility index (Phi) is 11.9. The van der Waals surface area contributed by atoms with E-state index in [4.69, 9.17) is 14.9 Å². The molecular formula is C15H32O3. The van der Waals surface area contributed by atoms with Crippen LogP contribution in [0.5, 0.6) is 0 Å². The topological polar surface area (TPSA) is 49.7 Å². The lowest BCUT2D eigenvalue weighted by molar-refractivity contribution is -0.0169. The van der Waals surface area contributed by atoms with E-state index in [2.05, 4.69) is 6.92 Å². The van der Waals surface area contributed by atoms with Crippen molar-refractivity contribution >= 4 is 0 Å². The summed E-state index contributed by atoms with van der Waals surface area (Å²) in [5.41, 5.74) is -0.486. The number of rotatable bonds is 13. The van der Waals surface area contributed by atoms with Gasteiger partial charge in [-0.1, -0.05) is 58.8 Å². The van der Waals surface area contributed by atoms with Crippen LogP contribution in [0.1, 0.15) is 65.2 Å². The molecule has 0 unspecified atom stereocenters. The van der Waals surface area contributed by atoms with Gasteiger partial charge in [0.05, 0.1) is 19.8 Å². The van der Waals surface area contributed by atoms with Gasteiger partial charge in [-0.25, -0.2) is 0 Å². The van der Waals surface area contributed by atoms with Crippen molar-refractivity contribution < 1.29 is 14.9 Å². The summed E-state index contributed by atoms with van der Waals surface area (Å²) in [6, 6.07) is 0. The summed E-state index contributed by atoms with van der Waals surface area (Å²) < 4.78 is 5.51. The van der Waals surface area contributed by atoms with Crippen LogP contribution in [0.25, 0.3) is 0 Å². The van der Waals surface area contributed by atoms with E-state index < -0.39 is 5.41 Å². The zero-order chi connectivity index (χ0) is 13.7. The molecule has 0 aromatic heterocycles. The fraction of sp³-hybridized carbons (Fsp3) is 1.00. The first-order valence-corrected chi connectivity index (χ1v) is 7.48. The number of hydrogen-bond donors (Lipinski definition) is 2. The Bertz CT molecular complexity index is 167. The predicted octanol–water partition coefficient (Wildman–Crippen LogP) is 3.13. The molecule has 0 spiro atoms. The van der Waals surface area contributed by atoms with Crippen LogP contribution in [-0.4, -0.2) is 36.6 Å². The van der Waals surface area contributed by atoms with Crippen LogP contribution in [0.15, 0.2) is 0 Å². The molecule has 3 nitrogen and oxygen atoms in total. The van der Waals surface area contributed by atoms with E-state index >= 15 is 0 Å². The molecule has 0 saturated carbocycles. The van der Waals surface area contributed by atoms with E-state index in [1.807, 2.05) is 6.92 Å². The molecule has 0 rings (SSSR count). The number of hydrogen-bond acceptors (Lipinski definition) is 3. The molecule has 0 aliphatic rings. The maximum absolute atomic E-state index is 9.09. The number of aliphatic hydroxyl groups is 2. The van der Waals surface area contributed by atoms with Gasteiger partial charge in [0, 0.05) is 12.0 Å². The van der Waals surface area contributed by atoms with Crippen molar-refractivity contribution in [2.45, 2.75) is 65.2 Å². The third kappa shape index (κ3) is 9.86. The molecule has 0 radical (unpaired) electrons. The van der Waals surface area contributed by atoms with Gasteiger partial charge in [0.1, 0.15) is 0 Å². The molecule has 0 bridgehead atoms. The lowest BCUT2D eigenvalue weighted by Crippen LogP contribution is -2.31. The maximum Gasteiger partial charge on any atom is 0.0563 e. The Balaban J connectivity index is 3.21. The van der Waals surface area contributed by atoms with Gasteiger partial charge in [0.2, 0.25) is 0 Å². The van der Waals surface area contributed by atoms with Gasteiger partial charge < -0.3 is 14.9 Å². The van der Waals surface area contributed by atoms with Gasteiger partial charge in [-0.3, -0.25) is 0 Å². The molecule has 0 heterocycles. The molecule has 0 saturated heterocycles. The van der Waals surface area contributed by atoms with Crippen molar-refractivity contribution in [3.05, 3.63) is 0 Å². The Morgan fingerprint density at radius 2 is 1.33 bits per heavy atom. The van der Waals surface area contributed by atoms with Crippen LogP contribution < -0.4 is 0 Å². The zero-order valence-corrected chi connectivity index (χ0v) is 12.3. The fourth-order valence-corrected chi connectivity index (χ4v) is 1.80. The van der Waals surface area contributed by atoms with Gasteiger partial charge in [0.25, 0.3) is 0 Å². The van der Waals surface area contributed by atoms with E-state index in [0.717, 1.165) is 13.0 Å². The third-order valence-corrected chi connectivity index (χ3v) is 3.36. The van der Waals surface area contributed by atoms with Crippen molar-refractivity contribution in [1.82, 2.24) is 0 Å². The first-order chi connectivity index (χ1) is 8.68. The van der Waals surface area contributed by atoms with E-state index in [9.17, 15) is 0 Å². The molecule has 3 heteroatoms. The highest BCUT2D eigenvalue weighted by molar-refractivity contribution is 4.70. The molecule has 0 aliphatic heterocycles. The van der Waals surface area contributed by atoms with Crippen molar-refractivity contribution in [2.24, 2.45) is 5.41 Å². The van der Waals surface area contributed by atoms with Gasteiger partial charge in [-0.15, -0.1) is 0 Å². The normalized spacial score (nSPS) is 12.0. The van der Waals surface area contributed by atoms with Gasteiger partial charge in [-0.05, 0) is 6.42 Å². The van der Waals surface area contributed by atoms with Gasteiger partial charge >= 0.3 is 0 Å². The van der Waals surface area contributed by atoms with Crippen LogP contribution in [0.2, 0.25) is 0 Å². The molecule has 0 fully saturated rings. The van der Waals surface area contributed by atoms with E-state index in [0.29, 0.717) is 6.61 Å². The number of aliphatic hydroxyl groups excluding tert-OH is 2. The first kappa shape index (κ1) is 17.9. The summed E-state index contributed by atoms with van der Waals surface area (Å²) in [6.45, 7) is 5.20. The zero-order valence-electron chi connectivity index (χ0n) is 12.3. The smallest absolute Gasteiger partial charge is 0.0563 e. The average Bonchev–Trinajstić information content (AvgIpc) is 2.40. The Morgan fingerprint density at radius 3 is 1.83 bits per heavy atom. The average molecular weight is 260 g/mol. The molecule has 0 atom stereocenters. The minimum absolute atomic E-state index is 0.0269. The van der Waals surface area contributed by atoms with Gasteiger partial charge in [-0.2, -0.15) is 0 Å². The van der Waals surface area contributed by atoms with Crippen LogP contribution >= 0.6 is 0 Å². The minimum atomic E-state index is -0.486. The van der Waals surface area contributed by atoms with Crippen molar-refractivity contribution in [3.63, 3.8) is 0 Å². The number of unbranched alkanes of at least 4 members (excludes halogenated alkanes) is 7. The van der Waals surface area contributed by atoms with Crippen molar-refractivity contribution in [1.29, 1.82) is 0 Å². The Morgan fingerprint density at radius 1 is 0.833 bits per heavy atom. The molecule has 0 aliphatic carbocycles. The lowest BCUT2D eigenvalue weighted by Gasteiger charge is -2.24. The third-order valence-electron chi connectivity index (χ3n) is 3.36. The summed E-state index contributed by atoms with van der Waals surface area (Å²) in [5.74, 6) is 0. The monoisotopic (exact) mass is 260 g/mol. The quantitative estimate of drug-likeness (QED) is 0.500. The minimum Gasteiger partial charge on any atom is -0.396 e. The molecule has 2 N–H and O–H groups in total. The van der Waals surface area contributed by atoms with E-state index in [-0.39, 0.29) is 13.2 Å². The van der Waals surface area contributed by atoms with Crippen molar-refractivity contribution in [3.8, 4) is 0 Å². The largest absolute Gasteiger partial charge is 0.396 e. The van der Waals surface area contributed by atoms with E-state index in [1.54, 1.807) is 0 Å². The highest BCUT2D eigenvalue weighted by Gasteiger charge is 2.22. The first-order valence-electron chi connectivity index (χ1n) is 7.48. The summed E-state index contributed by atoms with van der Waals surface area (Å²) in [5, 5.41) is 18.2. The molecule has 18 heavy (non-hydrogen) atoms. The van der Waals surface area contributed by atoms with Crippen LogP contribution in [0.4, 0.5) is 0 Å². The molecule has 0 aromatic rings. The van der Waals surface area contributed by atoms with Crippen molar-refractivity contribution in [2.75, 3.05) is 26.4 Å². The Labute approximate surface area is 113 Å². The van der Waals surface area contributed by atoms with Crippen LogP contribution in [0, 0.1) is 5.41 Å². The van der Waals surface area contributed by atoms with E-state index in [1.165, 1.54) is 44.9 Å². The predicted molar refractivity (Wildman–Crippen MR) is 75.7 cm³/mol. The SMILES string of the molecule is CCCCCCCCCCOCC(C)(CO)CO. The van der Waals surface area contributed by atoms with Crippen LogP contribution in [0.3, 0.4) is 0 Å². The van der Waals surface area contributed by atoms with Gasteiger partial charge in [0.15, 0.2) is 0 Å². The second kappa shape index (κ2) is 11.9. The molecule has 0 aromatic carbocycles. The summed E-state index contributed by atoms with van der Waals surface area (Å²) in [4.78, 5) is 0. The second-order valence-electron chi connectivity index (χ2n) is 5.65. The highest BCUT2D eigenvalue weighted by atomic mass is 16.5. The second-order valence-corrected chi connectivity index (χ2v) is 5.65.